The monoisotopic (exact) mass is 419 g/mol. The Morgan fingerprint density at radius 2 is 1.86 bits per heavy atom. The lowest BCUT2D eigenvalue weighted by Crippen LogP contribution is -2.42. The fourth-order valence-electron chi connectivity index (χ4n) is 3.65. The van der Waals surface area contributed by atoms with Crippen LogP contribution in [0.15, 0.2) is 82.1 Å². The molecule has 0 bridgehead atoms. The maximum Gasteiger partial charge on any atom is 0.262 e. The van der Waals surface area contributed by atoms with E-state index >= 15 is 0 Å². The fourth-order valence-corrected chi connectivity index (χ4v) is 5.54. The zero-order chi connectivity index (χ0) is 19.8. The lowest BCUT2D eigenvalue weighted by Gasteiger charge is -2.37. The molecular weight excluding hydrogens is 402 g/mol. The summed E-state index contributed by atoms with van der Waals surface area (Å²) in [6, 6.07) is 19.6. The normalized spacial score (nSPS) is 16.0. The second-order valence-corrected chi connectivity index (χ2v) is 8.74. The molecule has 2 aromatic carbocycles. The first-order valence-corrected chi connectivity index (χ1v) is 11.1. The zero-order valence-electron chi connectivity index (χ0n) is 15.4. The number of thioether (sulfide) groups is 1. The minimum atomic E-state index is -0.180. The summed E-state index contributed by atoms with van der Waals surface area (Å²) in [6.45, 7) is -0.0417. The van der Waals surface area contributed by atoms with Crippen LogP contribution in [0.4, 0.5) is 5.69 Å². The maximum atomic E-state index is 13.5. The Balaban J connectivity index is 1.55. The van der Waals surface area contributed by atoms with E-state index in [-0.39, 0.29) is 24.1 Å². The third-order valence-corrected chi connectivity index (χ3v) is 7.00. The Morgan fingerprint density at radius 3 is 2.72 bits per heavy atom. The number of carbonyl (C=O) groups is 1. The summed E-state index contributed by atoms with van der Waals surface area (Å²) < 4.78 is 1.41. The molecule has 1 amide bonds. The topological polar surface area (TPSA) is 55.2 Å². The van der Waals surface area contributed by atoms with Gasteiger partial charge < -0.3 is 4.90 Å². The first kappa shape index (κ1) is 18.1. The zero-order valence-corrected chi connectivity index (χ0v) is 17.0. The molecule has 0 saturated heterocycles. The summed E-state index contributed by atoms with van der Waals surface area (Å²) in [4.78, 5) is 34.2. The predicted molar refractivity (Wildman–Crippen MR) is 118 cm³/mol. The molecule has 5 nitrogen and oxygen atoms in total. The van der Waals surface area contributed by atoms with Gasteiger partial charge in [-0.15, -0.1) is 23.1 Å². The van der Waals surface area contributed by atoms with Crippen molar-refractivity contribution < 1.29 is 4.79 Å². The molecule has 4 aromatic rings. The van der Waals surface area contributed by atoms with Crippen molar-refractivity contribution in [2.75, 3.05) is 10.7 Å². The molecule has 0 unspecified atom stereocenters. The highest BCUT2D eigenvalue weighted by atomic mass is 32.2. The molecule has 0 spiro atoms. The molecule has 0 aliphatic carbocycles. The van der Waals surface area contributed by atoms with E-state index in [1.54, 1.807) is 17.8 Å². The molecule has 1 atom stereocenters. The minimum absolute atomic E-state index is 0.0417. The third kappa shape index (κ3) is 3.26. The van der Waals surface area contributed by atoms with Gasteiger partial charge in [0, 0.05) is 10.6 Å². The highest BCUT2D eigenvalue weighted by Gasteiger charge is 2.32. The molecule has 3 heterocycles. The summed E-state index contributed by atoms with van der Waals surface area (Å²) in [7, 11) is 0. The van der Waals surface area contributed by atoms with Crippen molar-refractivity contribution in [3.8, 4) is 0 Å². The number of anilines is 1. The number of amides is 1. The van der Waals surface area contributed by atoms with Crippen molar-refractivity contribution in [1.82, 2.24) is 9.55 Å². The van der Waals surface area contributed by atoms with Crippen LogP contribution in [0.1, 0.15) is 11.6 Å². The van der Waals surface area contributed by atoms with Crippen LogP contribution >= 0.6 is 23.1 Å². The molecule has 0 N–H and O–H groups in total. The van der Waals surface area contributed by atoms with Crippen molar-refractivity contribution in [3.63, 3.8) is 0 Å². The molecular formula is C22H17N3O2S2. The molecule has 0 saturated carbocycles. The number of hydrogen-bond acceptors (Lipinski definition) is 5. The van der Waals surface area contributed by atoms with Crippen LogP contribution < -0.4 is 10.5 Å². The number of hydrogen-bond donors (Lipinski definition) is 0. The van der Waals surface area contributed by atoms with Gasteiger partial charge in [-0.2, -0.15) is 0 Å². The van der Waals surface area contributed by atoms with Crippen LogP contribution in [0.5, 0.6) is 0 Å². The van der Waals surface area contributed by atoms with Crippen molar-refractivity contribution in [1.29, 1.82) is 0 Å². The van der Waals surface area contributed by atoms with Crippen molar-refractivity contribution in [3.05, 3.63) is 88.3 Å². The van der Waals surface area contributed by atoms with Gasteiger partial charge in [0.25, 0.3) is 5.56 Å². The van der Waals surface area contributed by atoms with Gasteiger partial charge >= 0.3 is 0 Å². The number of aromatic nitrogens is 2. The van der Waals surface area contributed by atoms with Crippen molar-refractivity contribution in [2.45, 2.75) is 17.5 Å². The van der Waals surface area contributed by atoms with Gasteiger partial charge in [0.05, 0.1) is 23.4 Å². The molecule has 1 aliphatic rings. The SMILES string of the molecule is O=C(Cn1cnc2sccc2c1=O)N1c2ccccc2SC[C@@H]1c1ccccc1. The summed E-state index contributed by atoms with van der Waals surface area (Å²) in [5, 5.41) is 2.40. The van der Waals surface area contributed by atoms with Gasteiger partial charge in [-0.1, -0.05) is 42.5 Å². The second-order valence-electron chi connectivity index (χ2n) is 6.79. The van der Waals surface area contributed by atoms with Gasteiger partial charge in [0.1, 0.15) is 11.4 Å². The van der Waals surface area contributed by atoms with E-state index < -0.39 is 0 Å². The van der Waals surface area contributed by atoms with Crippen LogP contribution in [0.3, 0.4) is 0 Å². The average molecular weight is 420 g/mol. The highest BCUT2D eigenvalue weighted by molar-refractivity contribution is 7.99. The van der Waals surface area contributed by atoms with Crippen molar-refractivity contribution in [2.24, 2.45) is 0 Å². The first-order valence-electron chi connectivity index (χ1n) is 9.24. The largest absolute Gasteiger partial charge is 0.301 e. The Bertz CT molecular complexity index is 1250. The number of carbonyl (C=O) groups excluding carboxylic acids is 1. The highest BCUT2D eigenvalue weighted by Crippen LogP contribution is 2.43. The van der Waals surface area contributed by atoms with Gasteiger partial charge in [-0.25, -0.2) is 4.98 Å². The van der Waals surface area contributed by atoms with Gasteiger partial charge in [-0.05, 0) is 29.1 Å². The summed E-state index contributed by atoms with van der Waals surface area (Å²) in [6.07, 6.45) is 1.47. The van der Waals surface area contributed by atoms with Crippen LogP contribution in [-0.2, 0) is 11.3 Å². The fraction of sp³-hybridized carbons (Fsp3) is 0.136. The van der Waals surface area contributed by atoms with E-state index in [2.05, 4.69) is 4.98 Å². The minimum Gasteiger partial charge on any atom is -0.301 e. The quantitative estimate of drug-likeness (QED) is 0.496. The Hall–Kier alpha value is -2.90. The number of rotatable bonds is 3. The predicted octanol–water partition coefficient (Wildman–Crippen LogP) is 4.34. The van der Waals surface area contributed by atoms with E-state index in [9.17, 15) is 9.59 Å². The standard InChI is InChI=1S/C22H17N3O2S2/c26-20(12-24-14-23-21-16(22(24)27)10-11-28-21)25-17-8-4-5-9-19(17)29-13-18(25)15-6-2-1-3-7-15/h1-11,14,18H,12-13H2/t18-/m1/s1. The molecule has 144 valence electrons. The number of nitrogens with zero attached hydrogens (tertiary/aromatic N) is 3. The van der Waals surface area contributed by atoms with Gasteiger partial charge in [0.15, 0.2) is 0 Å². The van der Waals surface area contributed by atoms with Crippen LogP contribution in [-0.4, -0.2) is 21.2 Å². The van der Waals surface area contributed by atoms with E-state index in [0.29, 0.717) is 10.2 Å². The number of fused-ring (bicyclic) bond motifs is 2. The van der Waals surface area contributed by atoms with Crippen LogP contribution in [0.2, 0.25) is 0 Å². The summed E-state index contributed by atoms with van der Waals surface area (Å²) in [5.41, 5.74) is 1.79. The lowest BCUT2D eigenvalue weighted by molar-refractivity contribution is -0.119. The van der Waals surface area contributed by atoms with Crippen LogP contribution in [0, 0.1) is 0 Å². The average Bonchev–Trinajstić information content (AvgIpc) is 3.25. The Kier molecular flexibility index (Phi) is 4.69. The molecule has 0 radical (unpaired) electrons. The van der Waals surface area contributed by atoms with E-state index in [1.165, 1.54) is 22.2 Å². The third-order valence-electron chi connectivity index (χ3n) is 5.04. The Labute approximate surface area is 175 Å². The molecule has 2 aromatic heterocycles. The number of thiophene rings is 1. The van der Waals surface area contributed by atoms with E-state index in [4.69, 9.17) is 0 Å². The van der Waals surface area contributed by atoms with Gasteiger partial charge in [-0.3, -0.25) is 14.2 Å². The van der Waals surface area contributed by atoms with E-state index in [1.807, 2.05) is 64.9 Å². The van der Waals surface area contributed by atoms with E-state index in [0.717, 1.165) is 21.9 Å². The first-order chi connectivity index (χ1) is 14.2. The summed E-state index contributed by atoms with van der Waals surface area (Å²) in [5.74, 6) is 0.647. The van der Waals surface area contributed by atoms with Crippen molar-refractivity contribution >= 4 is 44.9 Å². The molecule has 1 aliphatic heterocycles. The second kappa shape index (κ2) is 7.50. The maximum absolute atomic E-state index is 13.5. The van der Waals surface area contributed by atoms with Gasteiger partial charge in [0.2, 0.25) is 5.91 Å². The number of benzene rings is 2. The molecule has 29 heavy (non-hydrogen) atoms. The smallest absolute Gasteiger partial charge is 0.262 e. The number of para-hydroxylation sites is 1. The van der Waals surface area contributed by atoms with Crippen LogP contribution in [0.25, 0.3) is 10.2 Å². The Morgan fingerprint density at radius 1 is 1.07 bits per heavy atom. The molecule has 5 rings (SSSR count). The molecule has 7 heteroatoms. The summed E-state index contributed by atoms with van der Waals surface area (Å²) >= 11 is 3.17. The lowest BCUT2D eigenvalue weighted by atomic mass is 10.1. The molecule has 0 fully saturated rings.